The van der Waals surface area contributed by atoms with E-state index in [9.17, 15) is 9.90 Å². The normalized spacial score (nSPS) is 42.8. The van der Waals surface area contributed by atoms with Crippen molar-refractivity contribution < 1.29 is 24.1 Å². The zero-order chi connectivity index (χ0) is 26.1. The molecule has 1 spiro atoms. The molecule has 1 aromatic carbocycles. The van der Waals surface area contributed by atoms with E-state index >= 15 is 0 Å². The van der Waals surface area contributed by atoms with E-state index in [2.05, 4.69) is 31.9 Å². The molecule has 7 rings (SSSR count). The second-order valence-corrected chi connectivity index (χ2v) is 12.9. The van der Waals surface area contributed by atoms with E-state index < -0.39 is 29.0 Å². The number of nitrogens with zero attached hydrogens (tertiary/aromatic N) is 2. The molecule has 1 aliphatic heterocycles. The predicted octanol–water partition coefficient (Wildman–Crippen LogP) is 4.20. The Morgan fingerprint density at radius 3 is 2.73 bits per heavy atom. The number of aryl methyl sites for hydroxylation is 1. The highest BCUT2D eigenvalue weighted by molar-refractivity contribution is 5.95. The van der Waals surface area contributed by atoms with Crippen LogP contribution in [0.3, 0.4) is 0 Å². The summed E-state index contributed by atoms with van der Waals surface area (Å²) >= 11 is 0. The van der Waals surface area contributed by atoms with Gasteiger partial charge in [0, 0.05) is 13.0 Å². The zero-order valence-corrected chi connectivity index (χ0v) is 22.4. The minimum Gasteiger partial charge on any atom is -0.465 e. The van der Waals surface area contributed by atoms with Gasteiger partial charge in [0.2, 0.25) is 5.88 Å². The zero-order valence-electron chi connectivity index (χ0n) is 22.4. The molecule has 2 aromatic rings. The first kappa shape index (κ1) is 23.6. The molecule has 196 valence electrons. The highest BCUT2D eigenvalue weighted by atomic mass is 16.7. The van der Waals surface area contributed by atoms with Gasteiger partial charge in [-0.1, -0.05) is 45.1 Å². The van der Waals surface area contributed by atoms with Gasteiger partial charge in [0.05, 0.1) is 22.9 Å². The molecule has 0 amide bonds. The number of aromatic nitrogens is 2. The first-order chi connectivity index (χ1) is 17.4. The van der Waals surface area contributed by atoms with Crippen molar-refractivity contribution in [1.29, 1.82) is 0 Å². The Hall–Kier alpha value is -2.48. The van der Waals surface area contributed by atoms with Crippen LogP contribution in [0.4, 0.5) is 0 Å². The molecule has 1 unspecified atom stereocenters. The summed E-state index contributed by atoms with van der Waals surface area (Å²) in [6.45, 7) is 10.7. The number of aliphatic hydroxyl groups is 1. The Balaban J connectivity index is 1.40. The average Bonchev–Trinajstić information content (AvgIpc) is 3.12. The van der Waals surface area contributed by atoms with Crippen LogP contribution in [0.15, 0.2) is 48.1 Å². The molecule has 1 saturated heterocycles. The van der Waals surface area contributed by atoms with Crippen LogP contribution in [-0.2, 0) is 21.3 Å². The number of carbonyl (C=O) groups is 1. The van der Waals surface area contributed by atoms with Gasteiger partial charge < -0.3 is 19.3 Å². The van der Waals surface area contributed by atoms with E-state index in [0.717, 1.165) is 22.9 Å². The summed E-state index contributed by atoms with van der Waals surface area (Å²) in [7, 11) is 1.88. The Kier molecular flexibility index (Phi) is 4.55. The molecule has 3 fully saturated rings. The summed E-state index contributed by atoms with van der Waals surface area (Å²) in [6.07, 6.45) is 5.21. The molecule has 7 heteroatoms. The molecule has 0 radical (unpaired) electrons. The largest absolute Gasteiger partial charge is 0.465 e. The van der Waals surface area contributed by atoms with E-state index in [1.54, 1.807) is 4.68 Å². The van der Waals surface area contributed by atoms with E-state index in [4.69, 9.17) is 14.2 Å². The van der Waals surface area contributed by atoms with Gasteiger partial charge in [0.1, 0.15) is 6.10 Å². The lowest BCUT2D eigenvalue weighted by atomic mass is 9.59. The van der Waals surface area contributed by atoms with Crippen molar-refractivity contribution in [2.24, 2.45) is 41.5 Å². The topological polar surface area (TPSA) is 82.8 Å². The summed E-state index contributed by atoms with van der Waals surface area (Å²) < 4.78 is 21.0. The Bertz CT molecular complexity index is 1390. The molecular formula is C30H36N2O5. The molecule has 5 aliphatic rings. The van der Waals surface area contributed by atoms with Crippen LogP contribution in [0.25, 0.3) is 10.9 Å². The Morgan fingerprint density at radius 2 is 1.95 bits per heavy atom. The minimum absolute atomic E-state index is 0.0807. The second kappa shape index (κ2) is 7.13. The quantitative estimate of drug-likeness (QED) is 0.618. The molecule has 8 atom stereocenters. The van der Waals surface area contributed by atoms with Crippen molar-refractivity contribution in [3.8, 4) is 5.88 Å². The molecule has 1 aromatic heterocycles. The lowest BCUT2D eigenvalue weighted by Crippen LogP contribution is -2.68. The SMILES string of the molecule is C[C@@H]1C[C@@H]2[C@H]([C@@H]3C=C4COC(C)(C)O[C@H]4[C@]4(O)[C@@H](Oc5nn(C)c6ccccc56)C=CC14C3=O)C2(C)C. The molecule has 37 heavy (non-hydrogen) atoms. The van der Waals surface area contributed by atoms with Crippen LogP contribution >= 0.6 is 0 Å². The fraction of sp³-hybridized carbons (Fsp3) is 0.600. The summed E-state index contributed by atoms with van der Waals surface area (Å²) in [5.74, 6) is -0.0817. The first-order valence-corrected chi connectivity index (χ1v) is 13.5. The van der Waals surface area contributed by atoms with Crippen molar-refractivity contribution in [1.82, 2.24) is 9.78 Å². The second-order valence-electron chi connectivity index (χ2n) is 12.9. The number of Topliss-reactive ketones (excluding diaryl/α,β-unsaturated/α-hetero) is 1. The fourth-order valence-corrected chi connectivity index (χ4v) is 8.32. The maximum atomic E-state index is 14.7. The Morgan fingerprint density at radius 1 is 1.19 bits per heavy atom. The standard InChI is InChI=1S/C30H36N2O5/c1-16-13-20-23(27(20,2)3)19-14-17-15-35-28(4,5)37-25(17)30(34)22(11-12-29(16,30)24(19)33)36-26-18-9-7-8-10-21(18)32(6)31-26/h7-12,14,16,19-20,22-23,25,34H,13,15H2,1-6H3/t16-,19+,20-,22+,23+,25-,29?,30-/m1/s1. The average molecular weight is 505 g/mol. The van der Waals surface area contributed by atoms with Crippen molar-refractivity contribution in [2.75, 3.05) is 6.61 Å². The van der Waals surface area contributed by atoms with Gasteiger partial charge in [-0.3, -0.25) is 9.48 Å². The lowest BCUT2D eigenvalue weighted by Gasteiger charge is -2.52. The van der Waals surface area contributed by atoms with Gasteiger partial charge in [-0.2, -0.15) is 0 Å². The van der Waals surface area contributed by atoms with Crippen LogP contribution in [0.5, 0.6) is 5.88 Å². The number of ether oxygens (including phenoxy) is 3. The van der Waals surface area contributed by atoms with E-state index in [0.29, 0.717) is 18.4 Å². The van der Waals surface area contributed by atoms with E-state index in [1.807, 2.05) is 57.3 Å². The number of ketones is 1. The maximum absolute atomic E-state index is 14.7. The number of allylic oxidation sites excluding steroid dienone is 1. The van der Waals surface area contributed by atoms with Gasteiger partial charge >= 0.3 is 0 Å². The van der Waals surface area contributed by atoms with Crippen molar-refractivity contribution in [3.05, 3.63) is 48.1 Å². The number of fused-ring (bicyclic) bond motifs is 6. The van der Waals surface area contributed by atoms with Gasteiger partial charge in [0.15, 0.2) is 23.3 Å². The number of hydrogen-bond donors (Lipinski definition) is 1. The van der Waals surface area contributed by atoms with Crippen molar-refractivity contribution >= 4 is 16.7 Å². The Labute approximate surface area is 217 Å². The van der Waals surface area contributed by atoms with Crippen LogP contribution in [0.2, 0.25) is 0 Å². The summed E-state index contributed by atoms with van der Waals surface area (Å²) in [6, 6.07) is 7.87. The molecule has 1 N–H and O–H groups in total. The molecule has 4 aliphatic carbocycles. The van der Waals surface area contributed by atoms with E-state index in [-0.39, 0.29) is 29.0 Å². The van der Waals surface area contributed by atoms with Crippen molar-refractivity contribution in [3.63, 3.8) is 0 Å². The summed E-state index contributed by atoms with van der Waals surface area (Å²) in [5.41, 5.74) is -0.920. The molecule has 2 bridgehead atoms. The van der Waals surface area contributed by atoms with Gasteiger partial charge in [-0.15, -0.1) is 5.10 Å². The van der Waals surface area contributed by atoms with Crippen molar-refractivity contribution in [2.45, 2.75) is 64.6 Å². The minimum atomic E-state index is -1.65. The number of para-hydroxylation sites is 1. The van der Waals surface area contributed by atoms with Gasteiger partial charge in [-0.05, 0) is 67.2 Å². The summed E-state index contributed by atoms with van der Waals surface area (Å²) in [5, 5.41) is 18.6. The van der Waals surface area contributed by atoms with Crippen LogP contribution < -0.4 is 4.74 Å². The molecule has 2 saturated carbocycles. The van der Waals surface area contributed by atoms with Gasteiger partial charge in [-0.25, -0.2) is 0 Å². The van der Waals surface area contributed by atoms with Crippen LogP contribution in [-0.4, -0.2) is 50.9 Å². The molecule has 7 nitrogen and oxygen atoms in total. The van der Waals surface area contributed by atoms with Gasteiger partial charge in [0.25, 0.3) is 0 Å². The highest BCUT2D eigenvalue weighted by Crippen LogP contribution is 2.71. The highest BCUT2D eigenvalue weighted by Gasteiger charge is 2.76. The third kappa shape index (κ3) is 2.83. The number of hydrogen-bond acceptors (Lipinski definition) is 6. The summed E-state index contributed by atoms with van der Waals surface area (Å²) in [4.78, 5) is 14.7. The molecular weight excluding hydrogens is 468 g/mol. The predicted molar refractivity (Wildman–Crippen MR) is 138 cm³/mol. The lowest BCUT2D eigenvalue weighted by molar-refractivity contribution is -0.301. The number of carbonyl (C=O) groups excluding carboxylic acids is 1. The molecule has 2 heterocycles. The smallest absolute Gasteiger partial charge is 0.241 e. The fourth-order valence-electron chi connectivity index (χ4n) is 8.32. The number of benzene rings is 1. The third-order valence-electron chi connectivity index (χ3n) is 10.3. The third-order valence-corrected chi connectivity index (χ3v) is 10.3. The number of rotatable bonds is 2. The van der Waals surface area contributed by atoms with Crippen LogP contribution in [0.1, 0.15) is 41.0 Å². The van der Waals surface area contributed by atoms with Crippen LogP contribution in [0, 0.1) is 34.5 Å². The maximum Gasteiger partial charge on any atom is 0.241 e. The first-order valence-electron chi connectivity index (χ1n) is 13.5. The van der Waals surface area contributed by atoms with E-state index in [1.165, 1.54) is 0 Å². The monoisotopic (exact) mass is 504 g/mol.